The molecular formula is C50H192S2Si46. The number of hydrogen-bond donors (Lipinski definition) is 0. The summed E-state index contributed by atoms with van der Waals surface area (Å²) in [6.45, 7) is 77.7. The van der Waals surface area contributed by atoms with Gasteiger partial charge in [-0.1, -0.05) is 293 Å². The molecule has 8 saturated heterocycles. The van der Waals surface area contributed by atoms with E-state index in [1.54, 1.807) is 126 Å². The van der Waals surface area contributed by atoms with Gasteiger partial charge in [-0.25, -0.2) is 0 Å². The van der Waals surface area contributed by atoms with Crippen molar-refractivity contribution in [1.82, 2.24) is 0 Å². The van der Waals surface area contributed by atoms with Crippen LogP contribution in [0.5, 0.6) is 0 Å². The lowest BCUT2D eigenvalue weighted by Crippen LogP contribution is -2.81. The van der Waals surface area contributed by atoms with Crippen molar-refractivity contribution in [2.24, 2.45) is 0 Å². The van der Waals surface area contributed by atoms with Gasteiger partial charge in [-0.15, -0.1) is 0 Å². The van der Waals surface area contributed by atoms with Gasteiger partial charge in [0.1, 0.15) is 6.74 Å². The highest BCUT2D eigenvalue weighted by Crippen LogP contribution is 2.55. The van der Waals surface area contributed by atoms with Gasteiger partial charge < -0.3 is 0 Å². The lowest BCUT2D eigenvalue weighted by molar-refractivity contribution is 1.08. The summed E-state index contributed by atoms with van der Waals surface area (Å²) in [7, 11) is 22.8. The van der Waals surface area contributed by atoms with Crippen molar-refractivity contribution >= 4 is 423 Å². The third kappa shape index (κ3) is 19.7. The maximum Gasteiger partial charge on any atom is 0.101 e. The van der Waals surface area contributed by atoms with Gasteiger partial charge in [0.2, 0.25) is 0 Å². The highest BCUT2D eigenvalue weighted by atomic mass is 32.4. The van der Waals surface area contributed by atoms with E-state index in [0.29, 0.717) is 99.4 Å². The average Bonchev–Trinajstić information content (AvgIpc) is 1.37. The molecule has 8 fully saturated rings. The zero-order valence-corrected chi connectivity index (χ0v) is 145. The highest BCUT2D eigenvalue weighted by Gasteiger charge is 2.74. The predicted molar refractivity (Wildman–Crippen MR) is 642 cm³/mol. The first kappa shape index (κ1) is 107. The fourth-order valence-corrected chi connectivity index (χ4v) is 868. The predicted octanol–water partition coefficient (Wildman–Crippen LogP) is -11.2. The van der Waals surface area contributed by atoms with Crippen LogP contribution >= 0.6 is 22.4 Å². The van der Waals surface area contributed by atoms with E-state index >= 15 is 0 Å². The van der Waals surface area contributed by atoms with Crippen molar-refractivity contribution < 1.29 is 0 Å². The van der Waals surface area contributed by atoms with E-state index in [-0.39, 0.29) is 56.0 Å². The Morgan fingerprint density at radius 2 is 0.806 bits per heavy atom. The fraction of sp³-hybridized carbons (Fsp3) is 1.00. The number of rotatable bonds is 16. The van der Waals surface area contributed by atoms with Crippen LogP contribution in [0.4, 0.5) is 0 Å². The van der Waals surface area contributed by atoms with Crippen molar-refractivity contribution in [3.63, 3.8) is 0 Å². The minimum Gasteiger partial charge on any atom is -0.196 e. The van der Waals surface area contributed by atoms with E-state index in [0.717, 1.165) is 0 Å². The van der Waals surface area contributed by atoms with E-state index in [4.69, 9.17) is 0 Å². The minimum atomic E-state index is -0.713. The molecule has 0 radical (unpaired) electrons. The summed E-state index contributed by atoms with van der Waals surface area (Å²) in [5.74, 6) is 0. The molecular weight excluding hydrogens is 1960 g/mol. The van der Waals surface area contributed by atoms with Crippen LogP contribution < -0.4 is 0 Å². The van der Waals surface area contributed by atoms with E-state index in [9.17, 15) is 0 Å². The summed E-state index contributed by atoms with van der Waals surface area (Å²) in [5.41, 5.74) is 6.65. The smallest absolute Gasteiger partial charge is 0.101 e. The molecule has 8 aliphatic heterocycles. The van der Waals surface area contributed by atoms with Gasteiger partial charge >= 0.3 is 0 Å². The van der Waals surface area contributed by atoms with Crippen LogP contribution in [0.2, 0.25) is 293 Å². The van der Waals surface area contributed by atoms with Gasteiger partial charge in [-0.2, -0.15) is 22.4 Å². The van der Waals surface area contributed by atoms with Crippen molar-refractivity contribution in [2.45, 2.75) is 293 Å². The zero-order valence-electron chi connectivity index (χ0n) is 76.9. The monoisotopic (exact) mass is 2140 g/mol. The second-order valence-electron chi connectivity index (χ2n) is 40.6. The molecule has 8 heterocycles. The number of hydrogen-bond acceptors (Lipinski definition) is 2. The molecule has 0 spiro atoms. The first-order chi connectivity index (χ1) is 44.7. The van der Waals surface area contributed by atoms with Crippen LogP contribution in [0.25, 0.3) is 0 Å². The Labute approximate surface area is 717 Å². The quantitative estimate of drug-likeness (QED) is 0.141. The molecule has 48 heteroatoms. The standard InChI is InChI=1S/C9H36Si9.C8H30Si7.C7H26Si6.C6H20SSi4.C6H24Si6.C5H18SSi4.C5H22Si6.C4H16Si4/c1-12-16(5)9(11)15(4,8-10)17(6,13-2)18(16,7)14-3;1-11-14(4)6-8(10)13(3,7-9)15(14,5)12-2;1-10-13(4)5-7(9)12(3,6-8)11(13)2;1-7-11(9-2)5-6(8)4-10(11)3;1-9-11(3)5(7)6(8)12(11,4)10-2;1-6-10(3)5(8)4(7)9(10)2;1-8-11(9-2)5(7)4(6)10(11)3;1-7-3(5)4(6)8(7)2/h9H,8,12-14H2,1-7,10-11H3;8H,6-7,11-12H2,1-5,9-10H3;7,11H,5-6,10H2,1-4,8-9H3;6,10H,4-5,9H2,1-3,8H3;5-6H,9-10H2,1-4,7-8H3;4-5,9H,1-3,7-8H3;4-5,10H,8-9H2,1-3,6-7H3;3-4,7-8H,1-2,5-6H3. The summed E-state index contributed by atoms with van der Waals surface area (Å²) in [6.07, 6.45) is 4.27. The van der Waals surface area contributed by atoms with Gasteiger partial charge in [0, 0.05) is 346 Å². The first-order valence-electron chi connectivity index (χ1n) is 43.8. The minimum absolute atomic E-state index is 0.0131. The Hall–Kier alpha value is 10.7. The Morgan fingerprint density at radius 3 is 1.03 bits per heavy atom. The largest absolute Gasteiger partial charge is 0.196 e. The highest BCUT2D eigenvalue weighted by molar-refractivity contribution is 8.39. The fourth-order valence-electron chi connectivity index (χ4n) is 27.1. The molecule has 0 aromatic rings. The molecule has 0 bridgehead atoms. The van der Waals surface area contributed by atoms with E-state index in [1.165, 1.54) is 113 Å². The van der Waals surface area contributed by atoms with E-state index < -0.39 is 91.2 Å². The van der Waals surface area contributed by atoms with Crippen molar-refractivity contribution in [1.29, 1.82) is 0 Å². The van der Waals surface area contributed by atoms with Crippen LogP contribution in [-0.2, 0) is 0 Å². The van der Waals surface area contributed by atoms with Crippen LogP contribution in [0.3, 0.4) is 0 Å². The average molecular weight is 2150 g/mol. The summed E-state index contributed by atoms with van der Waals surface area (Å²) >= 11 is 4.67. The van der Waals surface area contributed by atoms with Crippen molar-refractivity contribution in [2.75, 3.05) is 12.5 Å². The molecule has 588 valence electrons. The van der Waals surface area contributed by atoms with Crippen LogP contribution in [-0.4, -0.2) is 413 Å². The van der Waals surface area contributed by atoms with Crippen molar-refractivity contribution in [3.8, 4) is 0 Å². The maximum absolute atomic E-state index is 3.05. The van der Waals surface area contributed by atoms with Gasteiger partial charge in [0.15, 0.2) is 0 Å². The summed E-state index contributed by atoms with van der Waals surface area (Å²) < 4.78 is 0. The molecule has 8 aliphatic rings. The molecule has 0 aromatic carbocycles. The molecule has 0 N–H and O–H groups in total. The Balaban J connectivity index is 0.000000565. The summed E-state index contributed by atoms with van der Waals surface area (Å²) in [5, 5.41) is 13.9. The van der Waals surface area contributed by atoms with Crippen molar-refractivity contribution in [3.05, 3.63) is 0 Å². The molecule has 0 aromatic heterocycles. The lowest BCUT2D eigenvalue weighted by Gasteiger charge is -2.64. The summed E-state index contributed by atoms with van der Waals surface area (Å²) in [4.78, 5) is 1.51. The topological polar surface area (TPSA) is 0 Å². The van der Waals surface area contributed by atoms with Gasteiger partial charge in [-0.3, -0.25) is 0 Å². The van der Waals surface area contributed by atoms with Gasteiger partial charge in [0.05, 0.1) is 6.26 Å². The molecule has 0 nitrogen and oxygen atoms in total. The van der Waals surface area contributed by atoms with E-state index in [1.807, 2.05) is 17.8 Å². The maximum atomic E-state index is 3.05. The Kier molecular flexibility index (Phi) is 46.9. The second-order valence-corrected chi connectivity index (χ2v) is 352. The third-order valence-electron chi connectivity index (χ3n) is 41.4. The molecule has 98 heavy (non-hydrogen) atoms. The molecule has 31 unspecified atom stereocenters. The SMILES string of the molecule is CS[Si]1(C)C([SiH3])C([SiH3])[SiH]1C.C[SiH2][Si]1(C)C([SiH3])C([SiH3])[Si]1(C)[SiH2]C.C[SiH2][Si]1(C)C([SiH3])[Si](C)(C[SiH3])[Si](C)([SiH2]C)[Si]1(C)[SiH2]C.C[SiH2][Si]1(C)CC([SiH3])[Si](C)(C[SiH3])[SiH]1C.C[SiH2][Si]1(C)CC([SiH3])[Si](C)(C[SiH3])[Si]1(C)[SiH2]C.C[SiH2][Si]1(SC)CC([SiH3])C[SiH]1C.C[SiH2][Si]1([SiH2]C)C([SiH3])C([SiH3])[SiH]1C.C[SiH]1C([SiH3])C([SiH3])[SiH]1C. The Morgan fingerprint density at radius 1 is 0.388 bits per heavy atom. The molecule has 0 aliphatic carbocycles. The van der Waals surface area contributed by atoms with Crippen LogP contribution in [0, 0.1) is 0 Å². The third-order valence-corrected chi connectivity index (χ3v) is 672. The molecule has 31 atom stereocenters. The lowest BCUT2D eigenvalue weighted by atomic mass is 10.5. The second kappa shape index (κ2) is 43.1. The van der Waals surface area contributed by atoms with E-state index in [2.05, 4.69) is 225 Å². The molecule has 8 rings (SSSR count). The van der Waals surface area contributed by atoms with Gasteiger partial charge in [-0.05, 0) is 53.5 Å². The zero-order chi connectivity index (χ0) is 77.5. The summed E-state index contributed by atoms with van der Waals surface area (Å²) in [6, 6.07) is 7.19. The first-order valence-corrected chi connectivity index (χ1v) is 171. The van der Waals surface area contributed by atoms with Gasteiger partial charge in [0.25, 0.3) is 0 Å². The molecule has 0 amide bonds. The molecule has 0 saturated carbocycles. The normalized spacial score (nSPS) is 53.4. The van der Waals surface area contributed by atoms with Crippen LogP contribution in [0.1, 0.15) is 0 Å². The van der Waals surface area contributed by atoms with Crippen LogP contribution in [0.15, 0.2) is 0 Å². The Bertz CT molecular complexity index is 2290.